The van der Waals surface area contributed by atoms with E-state index in [0.717, 1.165) is 25.0 Å². The van der Waals surface area contributed by atoms with Crippen molar-refractivity contribution in [3.05, 3.63) is 44.7 Å². The van der Waals surface area contributed by atoms with Gasteiger partial charge in [0.05, 0.1) is 22.0 Å². The maximum Gasteiger partial charge on any atom is 0.290 e. The molecule has 1 aromatic heterocycles. The van der Waals surface area contributed by atoms with Crippen molar-refractivity contribution < 1.29 is 4.92 Å². The van der Waals surface area contributed by atoms with Crippen LogP contribution in [0, 0.1) is 10.1 Å². The number of nitrogens with two attached hydrogens (primary N) is 1. The van der Waals surface area contributed by atoms with Crippen molar-refractivity contribution in [2.24, 2.45) is 5.73 Å². The summed E-state index contributed by atoms with van der Waals surface area (Å²) in [5.41, 5.74) is 7.67. The van der Waals surface area contributed by atoms with Crippen molar-refractivity contribution in [1.82, 2.24) is 15.0 Å². The van der Waals surface area contributed by atoms with Crippen LogP contribution in [0.5, 0.6) is 0 Å². The van der Waals surface area contributed by atoms with Crippen LogP contribution in [0.1, 0.15) is 31.2 Å². The summed E-state index contributed by atoms with van der Waals surface area (Å²) in [5.74, 6) is 0. The molecule has 2 aromatic rings. The van der Waals surface area contributed by atoms with Crippen molar-refractivity contribution in [2.75, 3.05) is 0 Å². The second kappa shape index (κ2) is 6.64. The number of nitro benzene ring substituents is 1. The Bertz CT molecular complexity index is 656. The highest BCUT2D eigenvalue weighted by Gasteiger charge is 2.17. The van der Waals surface area contributed by atoms with Crippen molar-refractivity contribution in [3.63, 3.8) is 0 Å². The minimum absolute atomic E-state index is 0.0954. The molecule has 0 aliphatic carbocycles. The molecule has 1 aromatic carbocycles. The fraction of sp³-hybridized carbons (Fsp3) is 0.385. The largest absolute Gasteiger partial charge is 0.325 e. The molecular weight excluding hydrogens is 294 g/mol. The normalized spacial score (nSPS) is 10.8. The molecule has 1 heterocycles. The first-order valence-electron chi connectivity index (χ1n) is 6.66. The maximum atomic E-state index is 11.0. The van der Waals surface area contributed by atoms with Crippen LogP contribution < -0.4 is 5.73 Å². The zero-order chi connectivity index (χ0) is 15.4. The smallest absolute Gasteiger partial charge is 0.290 e. The van der Waals surface area contributed by atoms with Crippen LogP contribution in [-0.2, 0) is 13.0 Å². The van der Waals surface area contributed by atoms with Crippen LogP contribution in [0.25, 0.3) is 5.69 Å². The Kier molecular flexibility index (Phi) is 4.87. The summed E-state index contributed by atoms with van der Waals surface area (Å²) in [6.07, 6.45) is 2.76. The van der Waals surface area contributed by atoms with Gasteiger partial charge in [0.25, 0.3) is 5.69 Å². The third kappa shape index (κ3) is 3.20. The summed E-state index contributed by atoms with van der Waals surface area (Å²) >= 11 is 5.83. The Morgan fingerprint density at radius 2 is 2.24 bits per heavy atom. The minimum Gasteiger partial charge on any atom is -0.325 e. The van der Waals surface area contributed by atoms with Crippen LogP contribution in [0.4, 0.5) is 5.69 Å². The quantitative estimate of drug-likeness (QED) is 0.653. The Morgan fingerprint density at radius 3 is 2.86 bits per heavy atom. The number of halogens is 1. The SMILES string of the molecule is CCCCc1c(CN)nnn1-c1ccc(Cl)c([N+](=O)[O-])c1. The number of rotatable bonds is 6. The highest BCUT2D eigenvalue weighted by atomic mass is 35.5. The summed E-state index contributed by atoms with van der Waals surface area (Å²) in [5, 5.41) is 19.2. The molecule has 2 N–H and O–H groups in total. The molecule has 0 atom stereocenters. The molecule has 0 saturated heterocycles. The van der Waals surface area contributed by atoms with Gasteiger partial charge < -0.3 is 5.73 Å². The Morgan fingerprint density at radius 1 is 1.48 bits per heavy atom. The first kappa shape index (κ1) is 15.4. The first-order chi connectivity index (χ1) is 10.1. The number of hydrogen-bond acceptors (Lipinski definition) is 5. The zero-order valence-corrected chi connectivity index (χ0v) is 12.4. The van der Waals surface area contributed by atoms with Crippen LogP contribution in [0.3, 0.4) is 0 Å². The van der Waals surface area contributed by atoms with E-state index >= 15 is 0 Å². The van der Waals surface area contributed by atoms with Gasteiger partial charge in [-0.05, 0) is 25.0 Å². The summed E-state index contributed by atoms with van der Waals surface area (Å²) < 4.78 is 1.60. The van der Waals surface area contributed by atoms with Crippen molar-refractivity contribution in [3.8, 4) is 5.69 Å². The van der Waals surface area contributed by atoms with E-state index in [4.69, 9.17) is 17.3 Å². The fourth-order valence-electron chi connectivity index (χ4n) is 2.07. The number of hydrogen-bond donors (Lipinski definition) is 1. The van der Waals surface area contributed by atoms with E-state index in [2.05, 4.69) is 17.2 Å². The van der Waals surface area contributed by atoms with Crippen molar-refractivity contribution in [1.29, 1.82) is 0 Å². The zero-order valence-electron chi connectivity index (χ0n) is 11.6. The van der Waals surface area contributed by atoms with E-state index in [1.165, 1.54) is 12.1 Å². The number of nitro groups is 1. The lowest BCUT2D eigenvalue weighted by atomic mass is 10.1. The second-order valence-corrected chi connectivity index (χ2v) is 5.00. The number of nitrogens with zero attached hydrogens (tertiary/aromatic N) is 4. The summed E-state index contributed by atoms with van der Waals surface area (Å²) in [4.78, 5) is 10.5. The minimum atomic E-state index is -0.516. The molecule has 0 aliphatic heterocycles. The molecule has 0 fully saturated rings. The molecule has 0 amide bonds. The average Bonchev–Trinajstić information content (AvgIpc) is 2.88. The molecule has 7 nitrogen and oxygen atoms in total. The van der Waals surface area contributed by atoms with E-state index in [1.807, 2.05) is 0 Å². The van der Waals surface area contributed by atoms with E-state index in [9.17, 15) is 10.1 Å². The van der Waals surface area contributed by atoms with Gasteiger partial charge in [-0.1, -0.05) is 30.2 Å². The van der Waals surface area contributed by atoms with Crippen molar-refractivity contribution in [2.45, 2.75) is 32.7 Å². The Labute approximate surface area is 126 Å². The van der Waals surface area contributed by atoms with Gasteiger partial charge in [0.15, 0.2) is 0 Å². The van der Waals surface area contributed by atoms with Gasteiger partial charge in [-0.15, -0.1) is 5.10 Å². The molecule has 112 valence electrons. The number of benzene rings is 1. The van der Waals surface area contributed by atoms with E-state index in [0.29, 0.717) is 11.4 Å². The first-order valence-corrected chi connectivity index (χ1v) is 7.04. The molecule has 0 saturated carbocycles. The van der Waals surface area contributed by atoms with Crippen molar-refractivity contribution >= 4 is 17.3 Å². The predicted molar refractivity (Wildman–Crippen MR) is 79.5 cm³/mol. The predicted octanol–water partition coefficient (Wildman–Crippen LogP) is 2.63. The lowest BCUT2D eigenvalue weighted by Crippen LogP contribution is -2.07. The monoisotopic (exact) mass is 309 g/mol. The van der Waals surface area contributed by atoms with E-state index in [-0.39, 0.29) is 17.3 Å². The van der Waals surface area contributed by atoms with Crippen LogP contribution in [0.15, 0.2) is 18.2 Å². The second-order valence-electron chi connectivity index (χ2n) is 4.60. The Hall–Kier alpha value is -1.99. The topological polar surface area (TPSA) is 99.9 Å². The Balaban J connectivity index is 2.48. The molecule has 21 heavy (non-hydrogen) atoms. The molecular formula is C13H16ClN5O2. The third-order valence-electron chi connectivity index (χ3n) is 3.18. The standard InChI is InChI=1S/C13H16ClN5O2/c1-2-3-4-12-11(8-15)16-17-18(12)9-5-6-10(14)13(7-9)19(20)21/h5-7H,2-4,8,15H2,1H3. The third-order valence-corrected chi connectivity index (χ3v) is 3.49. The van der Waals surface area contributed by atoms with Gasteiger partial charge in [-0.3, -0.25) is 10.1 Å². The molecule has 0 radical (unpaired) electrons. The number of aromatic nitrogens is 3. The maximum absolute atomic E-state index is 11.0. The van der Waals surface area contributed by atoms with Crippen LogP contribution in [-0.4, -0.2) is 19.9 Å². The summed E-state index contributed by atoms with van der Waals surface area (Å²) in [6.45, 7) is 2.37. The van der Waals surface area contributed by atoms with Gasteiger partial charge in [0, 0.05) is 12.6 Å². The van der Waals surface area contributed by atoms with Crippen LogP contribution >= 0.6 is 11.6 Å². The van der Waals surface area contributed by atoms with Gasteiger partial charge in [0.1, 0.15) is 5.02 Å². The molecule has 0 bridgehead atoms. The summed E-state index contributed by atoms with van der Waals surface area (Å²) in [6, 6.07) is 4.56. The van der Waals surface area contributed by atoms with Crippen LogP contribution in [0.2, 0.25) is 5.02 Å². The molecule has 0 spiro atoms. The molecule has 2 rings (SSSR count). The van der Waals surface area contributed by atoms with Gasteiger partial charge in [-0.25, -0.2) is 4.68 Å². The van der Waals surface area contributed by atoms with Gasteiger partial charge in [0.2, 0.25) is 0 Å². The average molecular weight is 310 g/mol. The lowest BCUT2D eigenvalue weighted by Gasteiger charge is -2.07. The lowest BCUT2D eigenvalue weighted by molar-refractivity contribution is -0.384. The van der Waals surface area contributed by atoms with Gasteiger partial charge in [-0.2, -0.15) is 0 Å². The van der Waals surface area contributed by atoms with E-state index < -0.39 is 4.92 Å². The fourth-order valence-corrected chi connectivity index (χ4v) is 2.25. The molecule has 8 heteroatoms. The summed E-state index contributed by atoms with van der Waals surface area (Å²) in [7, 11) is 0. The highest BCUT2D eigenvalue weighted by molar-refractivity contribution is 6.32. The highest BCUT2D eigenvalue weighted by Crippen LogP contribution is 2.27. The molecule has 0 unspecified atom stereocenters. The van der Waals surface area contributed by atoms with Gasteiger partial charge >= 0.3 is 0 Å². The number of unbranched alkanes of at least 4 members (excludes halogenated alkanes) is 1. The molecule has 0 aliphatic rings. The van der Waals surface area contributed by atoms with E-state index in [1.54, 1.807) is 10.7 Å².